The molecule has 0 atom stereocenters. The smallest absolute Gasteiger partial charge is 0.344 e. The van der Waals surface area contributed by atoms with E-state index in [1.807, 2.05) is 18.4 Å². The van der Waals surface area contributed by atoms with E-state index in [1.54, 1.807) is 23.6 Å². The monoisotopic (exact) mass is 286 g/mol. The van der Waals surface area contributed by atoms with E-state index in [9.17, 15) is 4.79 Å². The standard InChI is InChI=1S/C14H10N2O3S/c1-9-6-20-7-11(9)14(17)19-12-5-3-2-4-10(12)13-16-15-8-18-13/h2-8H,1H3. The van der Waals surface area contributed by atoms with Crippen LogP contribution in [0.25, 0.3) is 11.5 Å². The van der Waals surface area contributed by atoms with Crippen molar-refractivity contribution in [1.29, 1.82) is 0 Å². The lowest BCUT2D eigenvalue weighted by molar-refractivity contribution is 0.0735. The van der Waals surface area contributed by atoms with Gasteiger partial charge < -0.3 is 9.15 Å². The Morgan fingerprint density at radius 2 is 2.15 bits per heavy atom. The molecule has 5 nitrogen and oxygen atoms in total. The number of nitrogens with zero attached hydrogens (tertiary/aromatic N) is 2. The van der Waals surface area contributed by atoms with Gasteiger partial charge in [0.25, 0.3) is 5.89 Å². The molecular formula is C14H10N2O3S. The Morgan fingerprint density at radius 1 is 1.30 bits per heavy atom. The summed E-state index contributed by atoms with van der Waals surface area (Å²) in [5.74, 6) is 0.318. The fourth-order valence-corrected chi connectivity index (χ4v) is 2.56. The number of hydrogen-bond donors (Lipinski definition) is 0. The molecule has 2 aromatic heterocycles. The molecule has 0 spiro atoms. The topological polar surface area (TPSA) is 65.2 Å². The molecule has 100 valence electrons. The summed E-state index contributed by atoms with van der Waals surface area (Å²) < 4.78 is 10.6. The van der Waals surface area contributed by atoms with Crippen LogP contribution in [-0.4, -0.2) is 16.2 Å². The SMILES string of the molecule is Cc1cscc1C(=O)Oc1ccccc1-c1nnco1. The maximum atomic E-state index is 12.1. The van der Waals surface area contributed by atoms with Gasteiger partial charge in [-0.2, -0.15) is 11.3 Å². The maximum Gasteiger partial charge on any atom is 0.344 e. The molecule has 3 rings (SSSR count). The fourth-order valence-electron chi connectivity index (χ4n) is 1.75. The molecule has 0 unspecified atom stereocenters. The first-order valence-corrected chi connectivity index (χ1v) is 6.80. The minimum Gasteiger partial charge on any atom is -0.423 e. The van der Waals surface area contributed by atoms with Crippen molar-refractivity contribution in [3.05, 3.63) is 52.5 Å². The van der Waals surface area contributed by atoms with E-state index in [4.69, 9.17) is 9.15 Å². The Labute approximate surface area is 118 Å². The van der Waals surface area contributed by atoms with Crippen LogP contribution >= 0.6 is 11.3 Å². The van der Waals surface area contributed by atoms with Crippen molar-refractivity contribution in [3.63, 3.8) is 0 Å². The second-order valence-corrected chi connectivity index (χ2v) is 4.84. The summed E-state index contributed by atoms with van der Waals surface area (Å²) in [5, 5.41) is 11.1. The van der Waals surface area contributed by atoms with Crippen molar-refractivity contribution in [3.8, 4) is 17.2 Å². The van der Waals surface area contributed by atoms with E-state index >= 15 is 0 Å². The molecule has 1 aromatic carbocycles. The lowest BCUT2D eigenvalue weighted by atomic mass is 10.2. The minimum atomic E-state index is -0.393. The third-order valence-corrected chi connectivity index (χ3v) is 3.62. The molecule has 3 aromatic rings. The summed E-state index contributed by atoms with van der Waals surface area (Å²) in [7, 11) is 0. The molecule has 6 heteroatoms. The first-order valence-electron chi connectivity index (χ1n) is 5.86. The van der Waals surface area contributed by atoms with Crippen LogP contribution < -0.4 is 4.74 Å². The summed E-state index contributed by atoms with van der Waals surface area (Å²) in [6.45, 7) is 1.87. The Bertz CT molecular complexity index is 734. The van der Waals surface area contributed by atoms with E-state index in [2.05, 4.69) is 10.2 Å². The minimum absolute atomic E-state index is 0.315. The third kappa shape index (κ3) is 2.33. The first kappa shape index (κ1) is 12.6. The Hall–Kier alpha value is -2.47. The summed E-state index contributed by atoms with van der Waals surface area (Å²) in [4.78, 5) is 12.1. The van der Waals surface area contributed by atoms with E-state index < -0.39 is 5.97 Å². The molecular weight excluding hydrogens is 276 g/mol. The average molecular weight is 286 g/mol. The number of carbonyl (C=O) groups is 1. The predicted octanol–water partition coefficient (Wildman–Crippen LogP) is 3.33. The van der Waals surface area contributed by atoms with Gasteiger partial charge in [0.1, 0.15) is 5.75 Å². The number of ether oxygens (including phenoxy) is 1. The highest BCUT2D eigenvalue weighted by molar-refractivity contribution is 7.08. The Morgan fingerprint density at radius 3 is 2.85 bits per heavy atom. The zero-order valence-electron chi connectivity index (χ0n) is 10.6. The van der Waals surface area contributed by atoms with Gasteiger partial charge in [-0.3, -0.25) is 0 Å². The summed E-state index contributed by atoms with van der Waals surface area (Å²) in [6, 6.07) is 7.05. The number of rotatable bonds is 3. The van der Waals surface area contributed by atoms with Crippen LogP contribution in [0.1, 0.15) is 15.9 Å². The Balaban J connectivity index is 1.92. The van der Waals surface area contributed by atoms with Gasteiger partial charge >= 0.3 is 5.97 Å². The van der Waals surface area contributed by atoms with Gasteiger partial charge in [0.15, 0.2) is 0 Å². The van der Waals surface area contributed by atoms with Gasteiger partial charge in [-0.25, -0.2) is 4.79 Å². The number of esters is 1. The Kier molecular flexibility index (Phi) is 3.30. The highest BCUT2D eigenvalue weighted by Crippen LogP contribution is 2.29. The van der Waals surface area contributed by atoms with E-state index in [0.29, 0.717) is 22.8 Å². The zero-order valence-corrected chi connectivity index (χ0v) is 11.4. The first-order chi connectivity index (χ1) is 9.75. The van der Waals surface area contributed by atoms with Crippen LogP contribution in [0, 0.1) is 6.92 Å². The molecule has 0 aliphatic carbocycles. The number of aryl methyl sites for hydroxylation is 1. The van der Waals surface area contributed by atoms with Crippen LogP contribution in [0.15, 0.2) is 45.8 Å². The molecule has 0 saturated heterocycles. The number of para-hydroxylation sites is 1. The van der Waals surface area contributed by atoms with E-state index in [1.165, 1.54) is 17.7 Å². The number of carbonyl (C=O) groups excluding carboxylic acids is 1. The van der Waals surface area contributed by atoms with Gasteiger partial charge in [-0.1, -0.05) is 12.1 Å². The van der Waals surface area contributed by atoms with Crippen molar-refractivity contribution >= 4 is 17.3 Å². The van der Waals surface area contributed by atoms with Gasteiger partial charge in [0, 0.05) is 5.38 Å². The van der Waals surface area contributed by atoms with E-state index in [0.717, 1.165) is 5.56 Å². The number of benzene rings is 1. The molecule has 0 saturated carbocycles. The fraction of sp³-hybridized carbons (Fsp3) is 0.0714. The van der Waals surface area contributed by atoms with Gasteiger partial charge in [0.05, 0.1) is 11.1 Å². The highest BCUT2D eigenvalue weighted by Gasteiger charge is 2.16. The van der Waals surface area contributed by atoms with Crippen LogP contribution in [0.4, 0.5) is 0 Å². The quantitative estimate of drug-likeness (QED) is 0.546. The zero-order chi connectivity index (χ0) is 13.9. The lowest BCUT2D eigenvalue weighted by Gasteiger charge is -2.07. The molecule has 0 amide bonds. The van der Waals surface area contributed by atoms with Crippen molar-refractivity contribution in [1.82, 2.24) is 10.2 Å². The van der Waals surface area contributed by atoms with Crippen LogP contribution in [-0.2, 0) is 0 Å². The van der Waals surface area contributed by atoms with Gasteiger partial charge in [0.2, 0.25) is 6.39 Å². The number of aromatic nitrogens is 2. The third-order valence-electron chi connectivity index (χ3n) is 2.76. The molecule has 0 aliphatic heterocycles. The molecule has 0 radical (unpaired) electrons. The van der Waals surface area contributed by atoms with Gasteiger partial charge in [-0.05, 0) is 30.0 Å². The average Bonchev–Trinajstić information content (AvgIpc) is 3.10. The normalized spacial score (nSPS) is 10.4. The summed E-state index contributed by atoms with van der Waals surface area (Å²) in [5.41, 5.74) is 2.05. The lowest BCUT2D eigenvalue weighted by Crippen LogP contribution is -2.09. The molecule has 0 bridgehead atoms. The maximum absolute atomic E-state index is 12.1. The molecule has 2 heterocycles. The van der Waals surface area contributed by atoms with Crippen molar-refractivity contribution in [2.24, 2.45) is 0 Å². The van der Waals surface area contributed by atoms with Crippen molar-refractivity contribution in [2.75, 3.05) is 0 Å². The number of hydrogen-bond acceptors (Lipinski definition) is 6. The number of thiophene rings is 1. The van der Waals surface area contributed by atoms with E-state index in [-0.39, 0.29) is 0 Å². The van der Waals surface area contributed by atoms with Crippen LogP contribution in [0.2, 0.25) is 0 Å². The summed E-state index contributed by atoms with van der Waals surface area (Å²) in [6.07, 6.45) is 1.23. The molecule has 0 fully saturated rings. The highest BCUT2D eigenvalue weighted by atomic mass is 32.1. The van der Waals surface area contributed by atoms with Crippen LogP contribution in [0.5, 0.6) is 5.75 Å². The summed E-state index contributed by atoms with van der Waals surface area (Å²) >= 11 is 1.47. The van der Waals surface area contributed by atoms with Crippen molar-refractivity contribution < 1.29 is 13.9 Å². The second kappa shape index (κ2) is 5.26. The predicted molar refractivity (Wildman–Crippen MR) is 73.7 cm³/mol. The molecule has 20 heavy (non-hydrogen) atoms. The van der Waals surface area contributed by atoms with Crippen LogP contribution in [0.3, 0.4) is 0 Å². The van der Waals surface area contributed by atoms with Gasteiger partial charge in [-0.15, -0.1) is 10.2 Å². The molecule has 0 N–H and O–H groups in total. The molecule has 0 aliphatic rings. The largest absolute Gasteiger partial charge is 0.423 e. The second-order valence-electron chi connectivity index (χ2n) is 4.10. The van der Waals surface area contributed by atoms with Crippen molar-refractivity contribution in [2.45, 2.75) is 6.92 Å².